The first kappa shape index (κ1) is 30.5. The third-order valence-corrected chi connectivity index (χ3v) is 7.60. The number of aromatic nitrogens is 2. The first-order chi connectivity index (χ1) is 19.9. The molecular weight excluding hydrogens is 592 g/mol. The van der Waals surface area contributed by atoms with Gasteiger partial charge in [0.15, 0.2) is 11.5 Å². The normalized spacial score (nSPS) is 14.8. The van der Waals surface area contributed by atoms with Gasteiger partial charge in [-0.3, -0.25) is 14.5 Å². The van der Waals surface area contributed by atoms with Crippen molar-refractivity contribution in [2.24, 2.45) is 5.92 Å². The lowest BCUT2D eigenvalue weighted by Crippen LogP contribution is -2.47. The van der Waals surface area contributed by atoms with Gasteiger partial charge in [-0.2, -0.15) is 0 Å². The summed E-state index contributed by atoms with van der Waals surface area (Å²) in [5.41, 5.74) is 1.65. The molecule has 1 fully saturated rings. The van der Waals surface area contributed by atoms with Crippen molar-refractivity contribution in [3.05, 3.63) is 47.2 Å². The molecule has 0 radical (unpaired) electrons. The van der Waals surface area contributed by atoms with Gasteiger partial charge in [0.1, 0.15) is 18.2 Å². The summed E-state index contributed by atoms with van der Waals surface area (Å²) in [5, 5.41) is 4.17. The number of hydrogen-bond donors (Lipinski definition) is 1. The Balaban J connectivity index is 1.35. The third-order valence-electron chi connectivity index (χ3n) is 7.11. The lowest BCUT2D eigenvalue weighted by molar-refractivity contribution is -0.156. The molecule has 4 rings (SSSR count). The summed E-state index contributed by atoms with van der Waals surface area (Å²) in [5.74, 6) is 1.59. The molecule has 1 aromatic heterocycles. The van der Waals surface area contributed by atoms with Crippen molar-refractivity contribution in [1.29, 1.82) is 0 Å². The number of nitrogens with zero attached hydrogens (tertiary/aromatic N) is 3. The molecule has 0 bridgehead atoms. The minimum Gasteiger partial charge on any atom is -0.493 e. The molecule has 1 aliphatic heterocycles. The van der Waals surface area contributed by atoms with Crippen molar-refractivity contribution in [1.82, 2.24) is 14.9 Å². The summed E-state index contributed by atoms with van der Waals surface area (Å²) in [6.45, 7) is 6.02. The first-order valence-corrected chi connectivity index (χ1v) is 14.8. The number of hydrogen-bond acceptors (Lipinski definition) is 10. The maximum Gasteiger partial charge on any atom is 0.323 e. The van der Waals surface area contributed by atoms with E-state index in [9.17, 15) is 9.59 Å². The number of rotatable bonds is 13. The number of esters is 2. The molecule has 41 heavy (non-hydrogen) atoms. The van der Waals surface area contributed by atoms with Gasteiger partial charge in [0.2, 0.25) is 0 Å². The quantitative estimate of drug-likeness (QED) is 0.243. The highest BCUT2D eigenvalue weighted by Gasteiger charge is 2.33. The second-order valence-corrected chi connectivity index (χ2v) is 10.7. The predicted molar refractivity (Wildman–Crippen MR) is 160 cm³/mol. The molecule has 10 nitrogen and oxygen atoms in total. The Kier molecular flexibility index (Phi) is 11.1. The van der Waals surface area contributed by atoms with E-state index in [1.807, 2.05) is 41.3 Å². The number of carbonyl (C=O) groups is 2. The first-order valence-electron chi connectivity index (χ1n) is 14.0. The molecule has 0 saturated carbocycles. The number of likely N-dealkylation sites (tertiary alicyclic amines) is 1. The molecule has 0 amide bonds. The van der Waals surface area contributed by atoms with Gasteiger partial charge in [0, 0.05) is 21.6 Å². The molecule has 0 spiro atoms. The van der Waals surface area contributed by atoms with Crippen LogP contribution in [0.5, 0.6) is 11.5 Å². The van der Waals surface area contributed by atoms with Crippen LogP contribution in [0.15, 0.2) is 47.2 Å². The lowest BCUT2D eigenvalue weighted by Gasteiger charge is -2.36. The minimum absolute atomic E-state index is 0.00585. The summed E-state index contributed by atoms with van der Waals surface area (Å²) in [7, 11) is 1.62. The molecule has 1 aliphatic rings. The van der Waals surface area contributed by atoms with Crippen molar-refractivity contribution < 1.29 is 28.5 Å². The second-order valence-electron chi connectivity index (χ2n) is 9.77. The molecule has 2 aromatic carbocycles. The maximum absolute atomic E-state index is 12.6. The van der Waals surface area contributed by atoms with Crippen LogP contribution in [0.3, 0.4) is 0 Å². The summed E-state index contributed by atoms with van der Waals surface area (Å²) in [4.78, 5) is 35.6. The van der Waals surface area contributed by atoms with E-state index >= 15 is 0 Å². The average Bonchev–Trinajstić information content (AvgIpc) is 2.96. The Labute approximate surface area is 248 Å². The number of anilines is 2. The van der Waals surface area contributed by atoms with Crippen LogP contribution in [0.4, 0.5) is 11.5 Å². The van der Waals surface area contributed by atoms with E-state index in [0.717, 1.165) is 40.3 Å². The number of nitrogens with one attached hydrogen (secondary N) is 1. The fraction of sp³-hybridized carbons (Fsp3) is 0.467. The van der Waals surface area contributed by atoms with Crippen molar-refractivity contribution in [3.8, 4) is 11.5 Å². The minimum atomic E-state index is -0.613. The molecule has 11 heteroatoms. The molecule has 2 heterocycles. The van der Waals surface area contributed by atoms with Crippen molar-refractivity contribution in [3.63, 3.8) is 0 Å². The van der Waals surface area contributed by atoms with Gasteiger partial charge < -0.3 is 24.3 Å². The average molecular weight is 630 g/mol. The molecule has 1 N–H and O–H groups in total. The van der Waals surface area contributed by atoms with E-state index in [0.29, 0.717) is 42.9 Å². The fourth-order valence-electron chi connectivity index (χ4n) is 5.01. The number of piperidine rings is 1. The smallest absolute Gasteiger partial charge is 0.323 e. The topological polar surface area (TPSA) is 112 Å². The highest BCUT2D eigenvalue weighted by atomic mass is 79.9. The molecule has 220 valence electrons. The van der Waals surface area contributed by atoms with Crippen LogP contribution in [0, 0.1) is 5.92 Å². The Hall–Kier alpha value is -3.44. The summed E-state index contributed by atoms with van der Waals surface area (Å²) >= 11 is 3.50. The summed E-state index contributed by atoms with van der Waals surface area (Å²) < 4.78 is 23.1. The van der Waals surface area contributed by atoms with Crippen molar-refractivity contribution in [2.75, 3.05) is 45.3 Å². The number of benzene rings is 2. The van der Waals surface area contributed by atoms with E-state index in [4.69, 9.17) is 18.9 Å². The van der Waals surface area contributed by atoms with E-state index in [-0.39, 0.29) is 31.6 Å². The SMILES string of the molecule is CCOC(=O)CC(C(=O)OCC)N1CCC(CCOc2cc3ncnc(Nc4cccc(Br)c4)c3cc2OC)CC1. The van der Waals surface area contributed by atoms with Crippen LogP contribution in [-0.4, -0.2) is 72.9 Å². The monoisotopic (exact) mass is 628 g/mol. The van der Waals surface area contributed by atoms with E-state index in [1.165, 1.54) is 6.33 Å². The Morgan fingerprint density at radius 3 is 2.56 bits per heavy atom. The fourth-order valence-corrected chi connectivity index (χ4v) is 5.40. The molecule has 3 aromatic rings. The summed E-state index contributed by atoms with van der Waals surface area (Å²) in [6, 6.07) is 11.0. The van der Waals surface area contributed by atoms with E-state index < -0.39 is 6.04 Å². The number of carbonyl (C=O) groups excluding carboxylic acids is 2. The van der Waals surface area contributed by atoms with Crippen LogP contribution < -0.4 is 14.8 Å². The van der Waals surface area contributed by atoms with Crippen LogP contribution in [0.25, 0.3) is 10.9 Å². The molecule has 0 aliphatic carbocycles. The van der Waals surface area contributed by atoms with Crippen LogP contribution in [-0.2, 0) is 19.1 Å². The van der Waals surface area contributed by atoms with Crippen molar-refractivity contribution in [2.45, 2.75) is 45.6 Å². The van der Waals surface area contributed by atoms with Gasteiger partial charge in [-0.05, 0) is 76.4 Å². The van der Waals surface area contributed by atoms with Gasteiger partial charge in [0.25, 0.3) is 0 Å². The number of ether oxygens (including phenoxy) is 4. The third kappa shape index (κ3) is 8.29. The predicted octanol–water partition coefficient (Wildman–Crippen LogP) is 5.51. The molecule has 1 atom stereocenters. The van der Waals surface area contributed by atoms with Gasteiger partial charge in [0.05, 0.1) is 38.9 Å². The Bertz CT molecular complexity index is 1330. The second kappa shape index (κ2) is 15.0. The molecular formula is C30H37BrN4O6. The number of halogens is 1. The zero-order chi connectivity index (χ0) is 29.2. The largest absolute Gasteiger partial charge is 0.493 e. The van der Waals surface area contributed by atoms with Crippen LogP contribution in [0.2, 0.25) is 0 Å². The van der Waals surface area contributed by atoms with Gasteiger partial charge in [-0.15, -0.1) is 0 Å². The number of fused-ring (bicyclic) bond motifs is 1. The van der Waals surface area contributed by atoms with E-state index in [1.54, 1.807) is 21.0 Å². The zero-order valence-corrected chi connectivity index (χ0v) is 25.3. The van der Waals surface area contributed by atoms with E-state index in [2.05, 4.69) is 31.2 Å². The van der Waals surface area contributed by atoms with Gasteiger partial charge in [-0.1, -0.05) is 22.0 Å². The maximum atomic E-state index is 12.6. The van der Waals surface area contributed by atoms with Crippen molar-refractivity contribution >= 4 is 50.3 Å². The highest BCUT2D eigenvalue weighted by molar-refractivity contribution is 9.10. The molecule has 1 saturated heterocycles. The summed E-state index contributed by atoms with van der Waals surface area (Å²) in [6.07, 6.45) is 4.18. The number of methoxy groups -OCH3 is 1. The van der Waals surface area contributed by atoms with Crippen LogP contribution >= 0.6 is 15.9 Å². The zero-order valence-electron chi connectivity index (χ0n) is 23.7. The molecule has 1 unspecified atom stereocenters. The Morgan fingerprint density at radius 1 is 1.07 bits per heavy atom. The van der Waals surface area contributed by atoms with Gasteiger partial charge in [-0.25, -0.2) is 9.97 Å². The lowest BCUT2D eigenvalue weighted by atomic mass is 9.92. The standard InChI is InChI=1S/C30H37BrN4O6/c1-4-39-28(36)18-25(30(37)40-5-2)35-12-9-20(10-13-35)11-14-41-27-17-24-23(16-26(27)38-3)29(33-19-32-24)34-22-8-6-7-21(31)15-22/h6-8,15-17,19-20,25H,4-5,9-14,18H2,1-3H3,(H,32,33,34). The Morgan fingerprint density at radius 2 is 1.85 bits per heavy atom. The highest BCUT2D eigenvalue weighted by Crippen LogP contribution is 2.35. The van der Waals surface area contributed by atoms with Crippen LogP contribution in [0.1, 0.15) is 39.5 Å². The van der Waals surface area contributed by atoms with Gasteiger partial charge >= 0.3 is 11.9 Å².